The van der Waals surface area contributed by atoms with Gasteiger partial charge in [0.05, 0.1) is 0 Å². The molecule has 0 aliphatic heterocycles. The van der Waals surface area contributed by atoms with Crippen molar-refractivity contribution in [2.75, 3.05) is 13.6 Å². The first kappa shape index (κ1) is 16.3. The van der Waals surface area contributed by atoms with Crippen molar-refractivity contribution >= 4 is 0 Å². The zero-order valence-corrected chi connectivity index (χ0v) is 14.6. The molecule has 0 aromatic heterocycles. The Labute approximate surface area is 126 Å². The van der Waals surface area contributed by atoms with Crippen LogP contribution in [0.2, 0.25) is 0 Å². The highest BCUT2D eigenvalue weighted by Gasteiger charge is 2.40. The van der Waals surface area contributed by atoms with E-state index in [0.29, 0.717) is 11.5 Å². The average Bonchev–Trinajstić information content (AvgIpc) is 3.21. The Morgan fingerprint density at radius 1 is 1.15 bits per heavy atom. The third-order valence-electron chi connectivity index (χ3n) is 5.98. The van der Waals surface area contributed by atoms with E-state index in [1.807, 2.05) is 0 Å². The predicted molar refractivity (Wildman–Crippen MR) is 88.0 cm³/mol. The molecule has 0 heterocycles. The van der Waals surface area contributed by atoms with Gasteiger partial charge in [-0.05, 0) is 69.9 Å². The van der Waals surface area contributed by atoms with Crippen molar-refractivity contribution in [1.29, 1.82) is 0 Å². The first-order valence-electron chi connectivity index (χ1n) is 8.80. The summed E-state index contributed by atoms with van der Waals surface area (Å²) in [5, 5.41) is 3.76. The normalized spacial score (nSPS) is 33.5. The molecule has 20 heavy (non-hydrogen) atoms. The van der Waals surface area contributed by atoms with Crippen molar-refractivity contribution < 1.29 is 0 Å². The second-order valence-electron chi connectivity index (χ2n) is 8.35. The Morgan fingerprint density at radius 2 is 1.80 bits per heavy atom. The van der Waals surface area contributed by atoms with Crippen LogP contribution in [0.3, 0.4) is 0 Å². The highest BCUT2D eigenvalue weighted by atomic mass is 15.2. The fourth-order valence-corrected chi connectivity index (χ4v) is 4.10. The molecule has 0 radical (unpaired) electrons. The molecule has 2 aliphatic carbocycles. The highest BCUT2D eigenvalue weighted by molar-refractivity contribution is 4.96. The Morgan fingerprint density at radius 3 is 2.30 bits per heavy atom. The van der Waals surface area contributed by atoms with Gasteiger partial charge >= 0.3 is 0 Å². The zero-order valence-electron chi connectivity index (χ0n) is 14.6. The topological polar surface area (TPSA) is 15.3 Å². The molecular weight excluding hydrogens is 244 g/mol. The molecule has 2 fully saturated rings. The van der Waals surface area contributed by atoms with Crippen LogP contribution in [-0.4, -0.2) is 36.6 Å². The quantitative estimate of drug-likeness (QED) is 0.821. The minimum Gasteiger partial charge on any atom is -0.313 e. The third kappa shape index (κ3) is 3.76. The first-order chi connectivity index (χ1) is 9.34. The molecule has 1 N–H and O–H groups in total. The van der Waals surface area contributed by atoms with Crippen LogP contribution in [0.1, 0.15) is 66.7 Å². The number of hydrogen-bond acceptors (Lipinski definition) is 2. The lowest BCUT2D eigenvalue weighted by molar-refractivity contribution is 0.0487. The van der Waals surface area contributed by atoms with Gasteiger partial charge in [-0.2, -0.15) is 0 Å². The summed E-state index contributed by atoms with van der Waals surface area (Å²) in [7, 11) is 2.38. The summed E-state index contributed by atoms with van der Waals surface area (Å²) < 4.78 is 0. The smallest absolute Gasteiger partial charge is 0.0252 e. The molecule has 0 spiro atoms. The molecule has 2 rings (SSSR count). The Hall–Kier alpha value is -0.0800. The van der Waals surface area contributed by atoms with Crippen LogP contribution in [0, 0.1) is 17.3 Å². The summed E-state index contributed by atoms with van der Waals surface area (Å²) in [6.07, 6.45) is 7.01. The Kier molecular flexibility index (Phi) is 5.18. The summed E-state index contributed by atoms with van der Waals surface area (Å²) in [5.74, 6) is 1.84. The van der Waals surface area contributed by atoms with E-state index in [2.05, 4.69) is 51.9 Å². The zero-order chi connectivity index (χ0) is 14.9. The van der Waals surface area contributed by atoms with E-state index in [0.717, 1.165) is 30.5 Å². The SMILES string of the molecule is CCNC1CCC(C(C)(C)C)CC1N(C)C(C)C1CC1. The maximum absolute atomic E-state index is 3.76. The van der Waals surface area contributed by atoms with E-state index < -0.39 is 0 Å². The van der Waals surface area contributed by atoms with Crippen molar-refractivity contribution in [2.45, 2.75) is 84.8 Å². The van der Waals surface area contributed by atoms with Crippen LogP contribution < -0.4 is 5.32 Å². The number of nitrogens with one attached hydrogen (secondary N) is 1. The molecule has 2 aliphatic rings. The molecular formula is C18H36N2. The van der Waals surface area contributed by atoms with Gasteiger partial charge in [-0.15, -0.1) is 0 Å². The summed E-state index contributed by atoms with van der Waals surface area (Å²) >= 11 is 0. The number of hydrogen-bond donors (Lipinski definition) is 1. The van der Waals surface area contributed by atoms with E-state index in [1.165, 1.54) is 32.1 Å². The van der Waals surface area contributed by atoms with E-state index in [4.69, 9.17) is 0 Å². The van der Waals surface area contributed by atoms with Crippen molar-refractivity contribution in [2.24, 2.45) is 17.3 Å². The minimum absolute atomic E-state index is 0.457. The van der Waals surface area contributed by atoms with Gasteiger partial charge in [0.2, 0.25) is 0 Å². The monoisotopic (exact) mass is 280 g/mol. The fourth-order valence-electron chi connectivity index (χ4n) is 4.10. The van der Waals surface area contributed by atoms with Crippen LogP contribution in [0.4, 0.5) is 0 Å². The van der Waals surface area contributed by atoms with E-state index in [1.54, 1.807) is 0 Å². The van der Waals surface area contributed by atoms with Crippen LogP contribution in [0.5, 0.6) is 0 Å². The fraction of sp³-hybridized carbons (Fsp3) is 1.00. The lowest BCUT2D eigenvalue weighted by Gasteiger charge is -2.47. The van der Waals surface area contributed by atoms with Crippen LogP contribution in [0.15, 0.2) is 0 Å². The number of rotatable bonds is 5. The molecule has 118 valence electrons. The summed E-state index contributed by atoms with van der Waals surface area (Å²) in [6.45, 7) is 13.1. The standard InChI is InChI=1S/C18H36N2/c1-7-19-16-11-10-15(18(3,4)5)12-17(16)20(6)13(2)14-8-9-14/h13-17,19H,7-12H2,1-6H3. The lowest BCUT2D eigenvalue weighted by Crippen LogP contribution is -2.55. The average molecular weight is 281 g/mol. The van der Waals surface area contributed by atoms with Crippen LogP contribution in [0.25, 0.3) is 0 Å². The maximum atomic E-state index is 3.76. The van der Waals surface area contributed by atoms with Crippen LogP contribution >= 0.6 is 0 Å². The third-order valence-corrected chi connectivity index (χ3v) is 5.98. The molecule has 4 unspecified atom stereocenters. The molecule has 2 nitrogen and oxygen atoms in total. The second kappa shape index (κ2) is 6.36. The van der Waals surface area contributed by atoms with E-state index >= 15 is 0 Å². The van der Waals surface area contributed by atoms with Crippen molar-refractivity contribution in [1.82, 2.24) is 10.2 Å². The molecule has 0 aromatic rings. The van der Waals surface area contributed by atoms with Crippen molar-refractivity contribution in [3.05, 3.63) is 0 Å². The van der Waals surface area contributed by atoms with Gasteiger partial charge in [-0.1, -0.05) is 27.7 Å². The van der Waals surface area contributed by atoms with E-state index in [9.17, 15) is 0 Å². The van der Waals surface area contributed by atoms with Gasteiger partial charge in [0, 0.05) is 18.1 Å². The van der Waals surface area contributed by atoms with Gasteiger partial charge in [0.15, 0.2) is 0 Å². The molecule has 0 bridgehead atoms. The molecule has 0 amide bonds. The largest absolute Gasteiger partial charge is 0.313 e. The van der Waals surface area contributed by atoms with Crippen LogP contribution in [-0.2, 0) is 0 Å². The Bertz CT molecular complexity index is 303. The first-order valence-corrected chi connectivity index (χ1v) is 8.80. The van der Waals surface area contributed by atoms with Gasteiger partial charge < -0.3 is 5.32 Å². The van der Waals surface area contributed by atoms with Gasteiger partial charge in [0.25, 0.3) is 0 Å². The predicted octanol–water partition coefficient (Wildman–Crippen LogP) is 3.91. The number of nitrogens with zero attached hydrogens (tertiary/aromatic N) is 1. The summed E-state index contributed by atoms with van der Waals surface area (Å²) in [5.41, 5.74) is 0.457. The molecule has 0 saturated heterocycles. The van der Waals surface area contributed by atoms with Gasteiger partial charge in [0.1, 0.15) is 0 Å². The van der Waals surface area contributed by atoms with E-state index in [-0.39, 0.29) is 0 Å². The molecule has 4 atom stereocenters. The van der Waals surface area contributed by atoms with Crippen molar-refractivity contribution in [3.63, 3.8) is 0 Å². The van der Waals surface area contributed by atoms with Gasteiger partial charge in [-0.3, -0.25) is 4.90 Å². The molecule has 0 aromatic carbocycles. The Balaban J connectivity index is 2.05. The molecule has 2 saturated carbocycles. The minimum atomic E-state index is 0.457. The molecule has 2 heteroatoms. The summed E-state index contributed by atoms with van der Waals surface area (Å²) in [6, 6.07) is 2.19. The maximum Gasteiger partial charge on any atom is 0.0252 e. The summed E-state index contributed by atoms with van der Waals surface area (Å²) in [4.78, 5) is 2.71. The van der Waals surface area contributed by atoms with Crippen molar-refractivity contribution in [3.8, 4) is 0 Å². The lowest BCUT2D eigenvalue weighted by atomic mass is 9.69. The van der Waals surface area contributed by atoms with Gasteiger partial charge in [-0.25, -0.2) is 0 Å². The highest BCUT2D eigenvalue weighted by Crippen LogP contribution is 2.42. The number of likely N-dealkylation sites (N-methyl/N-ethyl adjacent to an activating group) is 2. The second-order valence-corrected chi connectivity index (χ2v) is 8.35.